The molecule has 0 bridgehead atoms. The Morgan fingerprint density at radius 2 is 2.11 bits per heavy atom. The van der Waals surface area contributed by atoms with Crippen LogP contribution in [0.4, 0.5) is 5.82 Å². The average Bonchev–Trinajstić information content (AvgIpc) is 2.90. The first-order chi connectivity index (χ1) is 9.31. The number of benzene rings is 1. The van der Waals surface area contributed by atoms with Crippen molar-refractivity contribution in [3.05, 3.63) is 42.2 Å². The van der Waals surface area contributed by atoms with Crippen molar-refractivity contribution in [1.29, 1.82) is 5.26 Å². The van der Waals surface area contributed by atoms with E-state index in [-0.39, 0.29) is 0 Å². The van der Waals surface area contributed by atoms with Crippen molar-refractivity contribution in [1.82, 2.24) is 15.0 Å². The molecule has 92 valence electrons. The Labute approximate surface area is 109 Å². The normalized spacial score (nSPS) is 10.3. The molecule has 2 aromatic heterocycles. The number of para-hydroxylation sites is 1. The zero-order valence-electron chi connectivity index (χ0n) is 10.3. The maximum atomic E-state index is 9.02. The van der Waals surface area contributed by atoms with Crippen LogP contribution in [0.3, 0.4) is 0 Å². The lowest BCUT2D eigenvalue weighted by atomic mass is 10.1. The number of nitrogens with zero attached hydrogens (tertiary/aromatic N) is 3. The van der Waals surface area contributed by atoms with E-state index in [4.69, 9.17) is 5.26 Å². The molecule has 3 rings (SSSR count). The molecule has 19 heavy (non-hydrogen) atoms. The first-order valence-corrected chi connectivity index (χ1v) is 5.85. The Hall–Kier alpha value is -2.87. The van der Waals surface area contributed by atoms with Crippen molar-refractivity contribution in [2.75, 3.05) is 12.4 Å². The van der Waals surface area contributed by atoms with E-state index >= 15 is 0 Å². The molecule has 0 radical (unpaired) electrons. The van der Waals surface area contributed by atoms with Gasteiger partial charge in [0, 0.05) is 35.8 Å². The van der Waals surface area contributed by atoms with Crippen molar-refractivity contribution < 1.29 is 0 Å². The summed E-state index contributed by atoms with van der Waals surface area (Å²) in [5.41, 5.74) is 2.26. The van der Waals surface area contributed by atoms with Crippen LogP contribution < -0.4 is 5.32 Å². The number of hydrogen-bond donors (Lipinski definition) is 2. The summed E-state index contributed by atoms with van der Waals surface area (Å²) >= 11 is 0. The SMILES string of the molecule is CNc1cc(C#N)nc(-c2c[nH]c3ccccc23)n1. The lowest BCUT2D eigenvalue weighted by Crippen LogP contribution is -1.98. The van der Waals surface area contributed by atoms with Gasteiger partial charge in [0.05, 0.1) is 0 Å². The number of aromatic amines is 1. The average molecular weight is 249 g/mol. The molecule has 0 aliphatic heterocycles. The summed E-state index contributed by atoms with van der Waals surface area (Å²) in [5, 5.41) is 13.0. The van der Waals surface area contributed by atoms with E-state index in [0.717, 1.165) is 16.5 Å². The molecule has 5 nitrogen and oxygen atoms in total. The van der Waals surface area contributed by atoms with E-state index in [1.54, 1.807) is 13.1 Å². The van der Waals surface area contributed by atoms with Gasteiger partial charge in [0.15, 0.2) is 5.82 Å². The zero-order valence-corrected chi connectivity index (χ0v) is 10.3. The smallest absolute Gasteiger partial charge is 0.165 e. The molecule has 2 heterocycles. The van der Waals surface area contributed by atoms with Gasteiger partial charge in [-0.15, -0.1) is 0 Å². The highest BCUT2D eigenvalue weighted by atomic mass is 15.0. The molecule has 0 saturated carbocycles. The van der Waals surface area contributed by atoms with Gasteiger partial charge >= 0.3 is 0 Å². The third kappa shape index (κ3) is 1.89. The molecule has 2 N–H and O–H groups in total. The molecule has 0 unspecified atom stereocenters. The van der Waals surface area contributed by atoms with E-state index in [2.05, 4.69) is 26.3 Å². The Balaban J connectivity index is 2.24. The monoisotopic (exact) mass is 249 g/mol. The second kappa shape index (κ2) is 4.42. The topological polar surface area (TPSA) is 77.4 Å². The van der Waals surface area contributed by atoms with Gasteiger partial charge in [0.2, 0.25) is 0 Å². The molecule has 0 aliphatic carbocycles. The minimum atomic E-state index is 0.347. The zero-order chi connectivity index (χ0) is 13.2. The molecule has 0 amide bonds. The number of fused-ring (bicyclic) bond motifs is 1. The van der Waals surface area contributed by atoms with Crippen LogP contribution in [0.25, 0.3) is 22.3 Å². The van der Waals surface area contributed by atoms with E-state index in [1.165, 1.54) is 0 Å². The molecule has 0 atom stereocenters. The van der Waals surface area contributed by atoms with Crippen LogP contribution in [0.2, 0.25) is 0 Å². The minimum absolute atomic E-state index is 0.347. The Bertz CT molecular complexity index is 782. The van der Waals surface area contributed by atoms with E-state index in [0.29, 0.717) is 17.3 Å². The predicted octanol–water partition coefficient (Wildman–Crippen LogP) is 2.54. The minimum Gasteiger partial charge on any atom is -0.373 e. The Kier molecular flexibility index (Phi) is 2.62. The number of nitrogens with one attached hydrogen (secondary N) is 2. The van der Waals surface area contributed by atoms with Crippen LogP contribution in [0.5, 0.6) is 0 Å². The molecule has 3 aromatic rings. The molecule has 0 spiro atoms. The van der Waals surface area contributed by atoms with Gasteiger partial charge in [0.25, 0.3) is 0 Å². The van der Waals surface area contributed by atoms with Gasteiger partial charge < -0.3 is 10.3 Å². The summed E-state index contributed by atoms with van der Waals surface area (Å²) in [7, 11) is 1.77. The van der Waals surface area contributed by atoms with E-state index in [1.807, 2.05) is 30.5 Å². The lowest BCUT2D eigenvalue weighted by Gasteiger charge is -2.03. The van der Waals surface area contributed by atoms with Crippen LogP contribution in [0.1, 0.15) is 5.69 Å². The summed E-state index contributed by atoms with van der Waals surface area (Å²) in [5.74, 6) is 1.17. The first kappa shape index (κ1) is 11.2. The molecule has 0 fully saturated rings. The number of hydrogen-bond acceptors (Lipinski definition) is 4. The number of aromatic nitrogens is 3. The van der Waals surface area contributed by atoms with Crippen molar-refractivity contribution in [3.8, 4) is 17.5 Å². The van der Waals surface area contributed by atoms with Gasteiger partial charge in [0.1, 0.15) is 17.6 Å². The van der Waals surface area contributed by atoms with Crippen LogP contribution in [0, 0.1) is 11.3 Å². The largest absolute Gasteiger partial charge is 0.373 e. The number of rotatable bonds is 2. The first-order valence-electron chi connectivity index (χ1n) is 5.85. The van der Waals surface area contributed by atoms with Crippen LogP contribution >= 0.6 is 0 Å². The maximum Gasteiger partial charge on any atom is 0.165 e. The molecule has 0 aliphatic rings. The highest BCUT2D eigenvalue weighted by molar-refractivity contribution is 5.93. The van der Waals surface area contributed by atoms with Crippen LogP contribution in [-0.4, -0.2) is 22.0 Å². The molecule has 1 aromatic carbocycles. The second-order valence-electron chi connectivity index (χ2n) is 4.07. The lowest BCUT2D eigenvalue weighted by molar-refractivity contribution is 1.14. The summed E-state index contributed by atoms with van der Waals surface area (Å²) in [6.45, 7) is 0. The molecule has 5 heteroatoms. The fourth-order valence-electron chi connectivity index (χ4n) is 2.01. The third-order valence-electron chi connectivity index (χ3n) is 2.93. The van der Waals surface area contributed by atoms with Crippen molar-refractivity contribution >= 4 is 16.7 Å². The summed E-state index contributed by atoms with van der Waals surface area (Å²) in [6.07, 6.45) is 1.86. The second-order valence-corrected chi connectivity index (χ2v) is 4.07. The number of nitriles is 1. The Morgan fingerprint density at radius 1 is 1.26 bits per heavy atom. The molecular formula is C14H11N5. The Morgan fingerprint density at radius 3 is 2.89 bits per heavy atom. The van der Waals surface area contributed by atoms with E-state index in [9.17, 15) is 0 Å². The van der Waals surface area contributed by atoms with Crippen LogP contribution in [-0.2, 0) is 0 Å². The number of anilines is 1. The van der Waals surface area contributed by atoms with E-state index < -0.39 is 0 Å². The fraction of sp³-hybridized carbons (Fsp3) is 0.0714. The molecular weight excluding hydrogens is 238 g/mol. The predicted molar refractivity (Wildman–Crippen MR) is 73.6 cm³/mol. The maximum absolute atomic E-state index is 9.02. The van der Waals surface area contributed by atoms with Crippen molar-refractivity contribution in [2.45, 2.75) is 0 Å². The third-order valence-corrected chi connectivity index (χ3v) is 2.93. The van der Waals surface area contributed by atoms with Crippen LogP contribution in [0.15, 0.2) is 36.5 Å². The van der Waals surface area contributed by atoms with Gasteiger partial charge in [-0.2, -0.15) is 5.26 Å². The summed E-state index contributed by atoms with van der Waals surface area (Å²) < 4.78 is 0. The highest BCUT2D eigenvalue weighted by Crippen LogP contribution is 2.26. The fourth-order valence-corrected chi connectivity index (χ4v) is 2.01. The summed E-state index contributed by atoms with van der Waals surface area (Å²) in [6, 6.07) is 11.6. The van der Waals surface area contributed by atoms with Gasteiger partial charge in [-0.05, 0) is 6.07 Å². The molecule has 0 saturated heterocycles. The van der Waals surface area contributed by atoms with Gasteiger partial charge in [-0.25, -0.2) is 9.97 Å². The quantitative estimate of drug-likeness (QED) is 0.731. The van der Waals surface area contributed by atoms with Gasteiger partial charge in [-0.1, -0.05) is 18.2 Å². The van der Waals surface area contributed by atoms with Crippen molar-refractivity contribution in [2.24, 2.45) is 0 Å². The highest BCUT2D eigenvalue weighted by Gasteiger charge is 2.10. The summed E-state index contributed by atoms with van der Waals surface area (Å²) in [4.78, 5) is 11.8. The number of H-pyrrole nitrogens is 1. The standard InChI is InChI=1S/C14H11N5/c1-16-13-6-9(7-15)18-14(19-13)11-8-17-12-5-3-2-4-10(11)12/h2-6,8,17H,1H3,(H,16,18,19). The van der Waals surface area contributed by atoms with Crippen molar-refractivity contribution in [3.63, 3.8) is 0 Å². The van der Waals surface area contributed by atoms with Gasteiger partial charge in [-0.3, -0.25) is 0 Å².